The van der Waals surface area contributed by atoms with Gasteiger partial charge in [-0.1, -0.05) is 42.5 Å². The summed E-state index contributed by atoms with van der Waals surface area (Å²) in [6.45, 7) is 5.17. The molecule has 0 aliphatic heterocycles. The first kappa shape index (κ1) is 28.4. The second-order valence-corrected chi connectivity index (χ2v) is 9.37. The number of esters is 1. The Morgan fingerprint density at radius 3 is 2.00 bits per heavy atom. The quantitative estimate of drug-likeness (QED) is 0.406. The number of phenols is 1. The average molecular weight is 499 g/mol. The van der Waals surface area contributed by atoms with Crippen LogP contribution in [0.25, 0.3) is 0 Å². The van der Waals surface area contributed by atoms with Gasteiger partial charge in [0.25, 0.3) is 0 Å². The van der Waals surface area contributed by atoms with Crippen LogP contribution >= 0.6 is 0 Å². The highest BCUT2D eigenvalue weighted by Gasteiger charge is 2.26. The van der Waals surface area contributed by atoms with Crippen LogP contribution in [0.4, 0.5) is 4.79 Å². The number of carbonyl (C=O) groups is 4. The van der Waals surface area contributed by atoms with Crippen LogP contribution in [0, 0.1) is 0 Å². The molecule has 0 spiro atoms. The number of ether oxygens (including phenoxy) is 2. The van der Waals surface area contributed by atoms with Crippen molar-refractivity contribution in [1.82, 2.24) is 10.6 Å². The van der Waals surface area contributed by atoms with Gasteiger partial charge in [-0.3, -0.25) is 9.59 Å². The van der Waals surface area contributed by atoms with Crippen molar-refractivity contribution in [2.75, 3.05) is 7.11 Å². The molecule has 0 saturated heterocycles. The highest BCUT2D eigenvalue weighted by molar-refractivity contribution is 5.92. The molecule has 3 N–H and O–H groups in total. The lowest BCUT2D eigenvalue weighted by atomic mass is 9.99. The second-order valence-electron chi connectivity index (χ2n) is 9.37. The molecule has 2 aromatic rings. The molecule has 0 radical (unpaired) electrons. The Morgan fingerprint density at radius 2 is 1.42 bits per heavy atom. The minimum absolute atomic E-state index is 0.0842. The summed E-state index contributed by atoms with van der Waals surface area (Å²) in [7, 11) is 1.22. The Kier molecular flexibility index (Phi) is 10.5. The maximum Gasteiger partial charge on any atom is 0.408 e. The van der Waals surface area contributed by atoms with E-state index in [1.165, 1.54) is 19.2 Å². The van der Waals surface area contributed by atoms with Crippen molar-refractivity contribution in [1.29, 1.82) is 0 Å². The van der Waals surface area contributed by atoms with Crippen molar-refractivity contribution < 1.29 is 33.8 Å². The van der Waals surface area contributed by atoms with E-state index >= 15 is 0 Å². The van der Waals surface area contributed by atoms with E-state index in [0.717, 1.165) is 5.56 Å². The number of ketones is 1. The molecule has 0 aliphatic rings. The summed E-state index contributed by atoms with van der Waals surface area (Å²) in [5.74, 6) is -1.39. The van der Waals surface area contributed by atoms with Crippen molar-refractivity contribution in [2.24, 2.45) is 0 Å². The monoisotopic (exact) mass is 498 g/mol. The van der Waals surface area contributed by atoms with Gasteiger partial charge in [0, 0.05) is 19.3 Å². The molecule has 0 fully saturated rings. The van der Waals surface area contributed by atoms with Gasteiger partial charge in [-0.15, -0.1) is 0 Å². The Balaban J connectivity index is 2.01. The molecule has 2 aromatic carbocycles. The van der Waals surface area contributed by atoms with E-state index in [2.05, 4.69) is 10.6 Å². The minimum Gasteiger partial charge on any atom is -0.508 e. The zero-order valence-corrected chi connectivity index (χ0v) is 21.1. The van der Waals surface area contributed by atoms with Gasteiger partial charge in [-0.2, -0.15) is 0 Å². The topological polar surface area (TPSA) is 131 Å². The summed E-state index contributed by atoms with van der Waals surface area (Å²) in [6, 6.07) is 13.6. The molecule has 194 valence electrons. The molecule has 36 heavy (non-hydrogen) atoms. The van der Waals surface area contributed by atoms with Crippen LogP contribution in [-0.4, -0.2) is 53.7 Å². The van der Waals surface area contributed by atoms with E-state index in [1.807, 2.05) is 30.3 Å². The lowest BCUT2D eigenvalue weighted by molar-refractivity contribution is -0.145. The predicted octanol–water partition coefficient (Wildman–Crippen LogP) is 3.08. The molecule has 2 rings (SSSR count). The number of carbonyl (C=O) groups excluding carboxylic acids is 4. The van der Waals surface area contributed by atoms with Crippen LogP contribution in [0.2, 0.25) is 0 Å². The Hall–Kier alpha value is -3.88. The van der Waals surface area contributed by atoms with Gasteiger partial charge in [-0.05, 0) is 50.5 Å². The van der Waals surface area contributed by atoms with E-state index in [0.29, 0.717) is 5.56 Å². The summed E-state index contributed by atoms with van der Waals surface area (Å²) >= 11 is 0. The van der Waals surface area contributed by atoms with Gasteiger partial charge in [-0.25, -0.2) is 9.59 Å². The normalized spacial score (nSPS) is 12.7. The van der Waals surface area contributed by atoms with Gasteiger partial charge >= 0.3 is 12.1 Å². The number of aromatic hydroxyl groups is 1. The van der Waals surface area contributed by atoms with Crippen LogP contribution in [-0.2, 0) is 36.7 Å². The molecular formula is C27H34N2O7. The SMILES string of the molecule is COC(=O)C(Cc1ccc(O)cc1)NC(=O)CCC(=O)[C@H](Cc1ccccc1)NC(=O)OC(C)(C)C. The van der Waals surface area contributed by atoms with Crippen LogP contribution in [0.5, 0.6) is 5.75 Å². The van der Waals surface area contributed by atoms with Gasteiger partial charge in [0.2, 0.25) is 5.91 Å². The number of alkyl carbamates (subject to hydrolysis) is 1. The number of rotatable bonds is 11. The second kappa shape index (κ2) is 13.3. The lowest BCUT2D eigenvalue weighted by Gasteiger charge is -2.23. The van der Waals surface area contributed by atoms with Crippen LogP contribution in [0.3, 0.4) is 0 Å². The van der Waals surface area contributed by atoms with E-state index in [9.17, 15) is 24.3 Å². The van der Waals surface area contributed by atoms with E-state index in [4.69, 9.17) is 9.47 Å². The molecule has 2 amide bonds. The van der Waals surface area contributed by atoms with E-state index < -0.39 is 35.7 Å². The number of Topliss-reactive ketones (excluding diaryl/α,β-unsaturated/α-hetero) is 1. The number of hydrogen-bond acceptors (Lipinski definition) is 7. The van der Waals surface area contributed by atoms with Crippen molar-refractivity contribution in [3.05, 3.63) is 65.7 Å². The van der Waals surface area contributed by atoms with Gasteiger partial charge < -0.3 is 25.2 Å². The fourth-order valence-corrected chi connectivity index (χ4v) is 3.43. The minimum atomic E-state index is -0.956. The molecule has 0 saturated carbocycles. The molecule has 0 heterocycles. The molecule has 0 bridgehead atoms. The number of hydrogen-bond donors (Lipinski definition) is 3. The Labute approximate surface area is 211 Å². The van der Waals surface area contributed by atoms with Crippen LogP contribution in [0.15, 0.2) is 54.6 Å². The maximum atomic E-state index is 13.0. The Bertz CT molecular complexity index is 1030. The third-order valence-corrected chi connectivity index (χ3v) is 5.16. The molecule has 9 heteroatoms. The third-order valence-electron chi connectivity index (χ3n) is 5.16. The van der Waals surface area contributed by atoms with Crippen molar-refractivity contribution in [3.63, 3.8) is 0 Å². The zero-order valence-electron chi connectivity index (χ0n) is 21.1. The third kappa shape index (κ3) is 10.2. The summed E-state index contributed by atoms with van der Waals surface area (Å²) in [4.78, 5) is 50.1. The first-order valence-electron chi connectivity index (χ1n) is 11.7. The molecule has 1 unspecified atom stereocenters. The number of benzene rings is 2. The molecule has 2 atom stereocenters. The fraction of sp³-hybridized carbons (Fsp3) is 0.407. The van der Waals surface area contributed by atoms with Crippen molar-refractivity contribution in [3.8, 4) is 5.75 Å². The highest BCUT2D eigenvalue weighted by Crippen LogP contribution is 2.13. The molecule has 9 nitrogen and oxygen atoms in total. The van der Waals surface area contributed by atoms with E-state index in [-0.39, 0.29) is 37.2 Å². The summed E-state index contributed by atoms with van der Waals surface area (Å²) in [6.07, 6.45) is -0.647. The van der Waals surface area contributed by atoms with Gasteiger partial charge in [0.05, 0.1) is 13.2 Å². The summed E-state index contributed by atoms with van der Waals surface area (Å²) < 4.78 is 10.1. The highest BCUT2D eigenvalue weighted by atomic mass is 16.6. The summed E-state index contributed by atoms with van der Waals surface area (Å²) in [5.41, 5.74) is 0.824. The molecule has 0 aliphatic carbocycles. The van der Waals surface area contributed by atoms with Crippen molar-refractivity contribution in [2.45, 2.75) is 64.1 Å². The lowest BCUT2D eigenvalue weighted by Crippen LogP contribution is -2.46. The largest absolute Gasteiger partial charge is 0.508 e. The first-order valence-corrected chi connectivity index (χ1v) is 11.7. The number of amides is 2. The van der Waals surface area contributed by atoms with Crippen LogP contribution in [0.1, 0.15) is 44.7 Å². The fourth-order valence-electron chi connectivity index (χ4n) is 3.43. The maximum absolute atomic E-state index is 13.0. The zero-order chi connectivity index (χ0) is 26.7. The standard InChI is InChI=1S/C27H34N2O7/c1-27(2,3)36-26(34)29-21(16-18-8-6-5-7-9-18)23(31)14-15-24(32)28-22(25(33)35-4)17-19-10-12-20(30)13-11-19/h5-13,21-22,30H,14-17H2,1-4H3,(H,28,32)(H,29,34)/t21-,22?/m0/s1. The van der Waals surface area contributed by atoms with Gasteiger partial charge in [0.15, 0.2) is 5.78 Å². The molecule has 0 aromatic heterocycles. The first-order chi connectivity index (χ1) is 17.0. The number of methoxy groups -OCH3 is 1. The Morgan fingerprint density at radius 1 is 0.833 bits per heavy atom. The smallest absolute Gasteiger partial charge is 0.408 e. The number of phenolic OH excluding ortho intramolecular Hbond substituents is 1. The van der Waals surface area contributed by atoms with E-state index in [1.54, 1.807) is 32.9 Å². The predicted molar refractivity (Wildman–Crippen MR) is 133 cm³/mol. The van der Waals surface area contributed by atoms with Crippen LogP contribution < -0.4 is 10.6 Å². The average Bonchev–Trinajstić information content (AvgIpc) is 2.82. The molecular weight excluding hydrogens is 464 g/mol. The van der Waals surface area contributed by atoms with Crippen molar-refractivity contribution >= 4 is 23.8 Å². The summed E-state index contributed by atoms with van der Waals surface area (Å²) in [5, 5.41) is 14.7. The van der Waals surface area contributed by atoms with Gasteiger partial charge in [0.1, 0.15) is 17.4 Å². The number of nitrogens with one attached hydrogen (secondary N) is 2.